The van der Waals surface area contributed by atoms with Crippen LogP contribution in [-0.4, -0.2) is 71.5 Å². The number of carbonyl (C=O) groups excluding carboxylic acids is 1. The SMILES string of the molecule is C[C@@H](CN(C)C)Oc1cccc(N=C(/C=C(\N)C(C)(C)C)NC(=O)N[C@H]2CC[C@@H](Oc3ccc(=N)n(C(=N)N4CCCC[C@@H]4C)c3)c3ccccc32)c1. The highest BCUT2D eigenvalue weighted by atomic mass is 16.5. The lowest BCUT2D eigenvalue weighted by Gasteiger charge is -2.36. The van der Waals surface area contributed by atoms with Crippen LogP contribution in [0.25, 0.3) is 0 Å². The van der Waals surface area contributed by atoms with Gasteiger partial charge in [0.05, 0.1) is 17.9 Å². The van der Waals surface area contributed by atoms with Crippen LogP contribution >= 0.6 is 0 Å². The first-order valence-corrected chi connectivity index (χ1v) is 18.6. The highest BCUT2D eigenvalue weighted by Crippen LogP contribution is 2.38. The highest BCUT2D eigenvalue weighted by molar-refractivity contribution is 6.05. The van der Waals surface area contributed by atoms with Crippen molar-refractivity contribution in [3.05, 3.63) is 95.2 Å². The maximum atomic E-state index is 13.6. The molecule has 0 spiro atoms. The fraction of sp³-hybridized carbons (Fsp3) is 0.463. The molecular formula is C41H57N9O3. The number of likely N-dealkylation sites (tertiary alicyclic amines) is 1. The minimum atomic E-state index is -0.398. The van der Waals surface area contributed by atoms with Crippen molar-refractivity contribution in [2.75, 3.05) is 27.2 Å². The Morgan fingerprint density at radius 2 is 1.81 bits per heavy atom. The molecule has 6 N–H and O–H groups in total. The molecule has 1 aliphatic carbocycles. The number of hydrogen-bond donors (Lipinski definition) is 5. The lowest BCUT2D eigenvalue weighted by atomic mass is 9.85. The number of aliphatic imine (C=N–C) groups is 1. The maximum absolute atomic E-state index is 13.6. The molecule has 284 valence electrons. The van der Waals surface area contributed by atoms with Crippen LogP contribution < -0.4 is 31.3 Å². The van der Waals surface area contributed by atoms with Crippen LogP contribution in [0.15, 0.2) is 83.6 Å². The second-order valence-corrected chi connectivity index (χ2v) is 15.5. The third-order valence-electron chi connectivity index (χ3n) is 9.67. The van der Waals surface area contributed by atoms with Crippen molar-refractivity contribution in [3.63, 3.8) is 0 Å². The molecule has 2 aliphatic rings. The van der Waals surface area contributed by atoms with Gasteiger partial charge >= 0.3 is 6.03 Å². The largest absolute Gasteiger partial charge is 0.489 e. The summed E-state index contributed by atoms with van der Waals surface area (Å²) < 4.78 is 14.3. The lowest BCUT2D eigenvalue weighted by molar-refractivity contribution is 0.170. The van der Waals surface area contributed by atoms with Gasteiger partial charge in [0.25, 0.3) is 0 Å². The van der Waals surface area contributed by atoms with Gasteiger partial charge in [0.1, 0.15) is 35.0 Å². The first-order chi connectivity index (χ1) is 25.2. The highest BCUT2D eigenvalue weighted by Gasteiger charge is 2.30. The Hall–Kier alpha value is -5.10. The second kappa shape index (κ2) is 17.2. The third-order valence-corrected chi connectivity index (χ3v) is 9.67. The summed E-state index contributed by atoms with van der Waals surface area (Å²) in [5.41, 5.74) is 9.51. The van der Waals surface area contributed by atoms with Crippen LogP contribution in [-0.2, 0) is 0 Å². The number of nitrogens with one attached hydrogen (secondary N) is 4. The number of benzene rings is 2. The molecule has 0 bridgehead atoms. The van der Waals surface area contributed by atoms with Gasteiger partial charge in [0.2, 0.25) is 5.96 Å². The predicted octanol–water partition coefficient (Wildman–Crippen LogP) is 6.83. The minimum absolute atomic E-state index is 0.0180. The van der Waals surface area contributed by atoms with Gasteiger partial charge < -0.3 is 30.3 Å². The standard InChI is InChI=1S/C41H57N9O3/c1-27-13-10-11-22-49(27)39(44)50-26-31(18-21-37(50)43)53-35-20-19-34(32-16-8-9-17-33(32)35)46-40(51)47-38(24-36(42)41(3,4)5)45-29-14-12-15-30(23-29)52-28(2)25-48(6)7/h8-9,12,14-18,21,23-24,26-28,34-35,43-44H,10-11,13,19-20,22,25,42H2,1-7H3,(H2,45,46,47,51)/b36-24-,43-37?,44-39?/t27-,28-,34-,35+/m0/s1. The van der Waals surface area contributed by atoms with E-state index in [0.29, 0.717) is 47.5 Å². The summed E-state index contributed by atoms with van der Waals surface area (Å²) in [4.78, 5) is 22.6. The van der Waals surface area contributed by atoms with Gasteiger partial charge in [0, 0.05) is 42.4 Å². The number of hydrogen-bond acceptors (Lipinski definition) is 8. The van der Waals surface area contributed by atoms with Gasteiger partial charge in [-0.2, -0.15) is 0 Å². The van der Waals surface area contributed by atoms with Crippen molar-refractivity contribution < 1.29 is 14.3 Å². The summed E-state index contributed by atoms with van der Waals surface area (Å²) in [6, 6.07) is 18.5. The van der Waals surface area contributed by atoms with Crippen LogP contribution in [0.3, 0.4) is 0 Å². The lowest BCUT2D eigenvalue weighted by Crippen LogP contribution is -2.47. The zero-order valence-corrected chi connectivity index (χ0v) is 32.3. The molecule has 53 heavy (non-hydrogen) atoms. The van der Waals surface area contributed by atoms with Crippen LogP contribution in [0.4, 0.5) is 10.5 Å². The molecule has 1 saturated heterocycles. The number of urea groups is 1. The number of amides is 2. The summed E-state index contributed by atoms with van der Waals surface area (Å²) in [6.45, 7) is 11.8. The number of fused-ring (bicyclic) bond motifs is 1. The first kappa shape index (κ1) is 39.1. The number of ether oxygens (including phenoxy) is 2. The molecule has 5 rings (SSSR count). The normalized spacial score (nSPS) is 20.0. The van der Waals surface area contributed by atoms with Crippen molar-refractivity contribution in [2.24, 2.45) is 16.1 Å². The molecule has 2 aromatic carbocycles. The summed E-state index contributed by atoms with van der Waals surface area (Å²) >= 11 is 0. The van der Waals surface area contributed by atoms with E-state index >= 15 is 0 Å². The van der Waals surface area contributed by atoms with Crippen LogP contribution in [0.2, 0.25) is 0 Å². The number of allylic oxidation sites excluding steroid dienone is 1. The molecule has 2 amide bonds. The van der Waals surface area contributed by atoms with E-state index in [-0.39, 0.29) is 35.2 Å². The fourth-order valence-corrected chi connectivity index (χ4v) is 6.78. The molecule has 1 aliphatic heterocycles. The summed E-state index contributed by atoms with van der Waals surface area (Å²) in [6.07, 6.45) is 7.71. The van der Waals surface area contributed by atoms with Gasteiger partial charge in [-0.05, 0) is 95.4 Å². The molecule has 0 radical (unpaired) electrons. The van der Waals surface area contributed by atoms with E-state index in [1.807, 2.05) is 90.3 Å². The number of aromatic nitrogens is 1. The zero-order chi connectivity index (χ0) is 38.3. The Labute approximate surface area is 314 Å². The van der Waals surface area contributed by atoms with E-state index in [1.165, 1.54) is 0 Å². The van der Waals surface area contributed by atoms with Crippen molar-refractivity contribution in [1.82, 2.24) is 25.0 Å². The minimum Gasteiger partial charge on any atom is -0.489 e. The van der Waals surface area contributed by atoms with Gasteiger partial charge in [-0.25, -0.2) is 9.79 Å². The average molecular weight is 724 g/mol. The number of pyridine rings is 1. The van der Waals surface area contributed by atoms with Crippen molar-refractivity contribution in [2.45, 2.75) is 91.0 Å². The Morgan fingerprint density at radius 3 is 2.53 bits per heavy atom. The van der Waals surface area contributed by atoms with E-state index < -0.39 is 6.03 Å². The van der Waals surface area contributed by atoms with E-state index in [4.69, 9.17) is 31.0 Å². The Balaban J connectivity index is 1.32. The number of rotatable bonds is 9. The van der Waals surface area contributed by atoms with Crippen molar-refractivity contribution in [1.29, 1.82) is 10.8 Å². The zero-order valence-electron chi connectivity index (χ0n) is 32.3. The summed E-state index contributed by atoms with van der Waals surface area (Å²) in [5, 5.41) is 23.5. The van der Waals surface area contributed by atoms with Gasteiger partial charge in [0.15, 0.2) is 0 Å². The Bertz CT molecular complexity index is 1880. The van der Waals surface area contributed by atoms with Crippen LogP contribution in [0, 0.1) is 16.2 Å². The molecule has 1 fully saturated rings. The van der Waals surface area contributed by atoms with E-state index in [0.717, 1.165) is 43.5 Å². The molecule has 0 unspecified atom stereocenters. The molecule has 1 aromatic heterocycles. The molecule has 2 heterocycles. The first-order valence-electron chi connectivity index (χ1n) is 18.6. The smallest absolute Gasteiger partial charge is 0.320 e. The number of likely N-dealkylation sites (N-methyl/N-ethyl adjacent to an activating group) is 1. The number of nitrogens with zero attached hydrogens (tertiary/aromatic N) is 4. The van der Waals surface area contributed by atoms with Crippen molar-refractivity contribution >= 4 is 23.5 Å². The number of piperidine rings is 1. The summed E-state index contributed by atoms with van der Waals surface area (Å²) in [5.74, 6) is 1.89. The third kappa shape index (κ3) is 10.5. The Kier molecular flexibility index (Phi) is 12.7. The molecule has 0 saturated carbocycles. The number of carbonyl (C=O) groups is 1. The summed E-state index contributed by atoms with van der Waals surface area (Å²) in [7, 11) is 4.01. The van der Waals surface area contributed by atoms with Crippen molar-refractivity contribution in [3.8, 4) is 11.5 Å². The quantitative estimate of drug-likeness (QED) is 0.120. The van der Waals surface area contributed by atoms with Gasteiger partial charge in [-0.3, -0.25) is 20.7 Å². The maximum Gasteiger partial charge on any atom is 0.320 e. The molecule has 12 heteroatoms. The topological polar surface area (TPSA) is 157 Å². The molecule has 3 aromatic rings. The number of nitrogens with two attached hydrogens (primary N) is 1. The van der Waals surface area contributed by atoms with E-state index in [2.05, 4.69) is 27.4 Å². The van der Waals surface area contributed by atoms with Gasteiger partial charge in [-0.15, -0.1) is 0 Å². The molecule has 4 atom stereocenters. The number of amidine groups is 1. The van der Waals surface area contributed by atoms with Crippen LogP contribution in [0.5, 0.6) is 11.5 Å². The van der Waals surface area contributed by atoms with E-state index in [9.17, 15) is 4.79 Å². The second-order valence-electron chi connectivity index (χ2n) is 15.5. The monoisotopic (exact) mass is 723 g/mol. The predicted molar refractivity (Wildman–Crippen MR) is 211 cm³/mol. The molecule has 12 nitrogen and oxygen atoms in total. The average Bonchev–Trinajstić information content (AvgIpc) is 3.09. The van der Waals surface area contributed by atoms with Gasteiger partial charge in [-0.1, -0.05) is 51.1 Å². The Morgan fingerprint density at radius 1 is 1.06 bits per heavy atom. The van der Waals surface area contributed by atoms with E-state index in [1.54, 1.807) is 29.0 Å². The fourth-order valence-electron chi connectivity index (χ4n) is 6.78. The molecular weight excluding hydrogens is 667 g/mol. The van der Waals surface area contributed by atoms with Crippen LogP contribution in [0.1, 0.15) is 90.0 Å².